The lowest BCUT2D eigenvalue weighted by Crippen LogP contribution is -2.16. The fourth-order valence-corrected chi connectivity index (χ4v) is 4.56. The summed E-state index contributed by atoms with van der Waals surface area (Å²) in [5.74, 6) is 0. The lowest BCUT2D eigenvalue weighted by molar-refractivity contribution is 0.600. The Morgan fingerprint density at radius 2 is 1.85 bits per heavy atom. The van der Waals surface area contributed by atoms with E-state index in [4.69, 9.17) is 5.73 Å². The summed E-state index contributed by atoms with van der Waals surface area (Å²) in [7, 11) is -3.68. The summed E-state index contributed by atoms with van der Waals surface area (Å²) in [6.45, 7) is 7.22. The summed E-state index contributed by atoms with van der Waals surface area (Å²) < 4.78 is 27.5. The van der Waals surface area contributed by atoms with Crippen molar-refractivity contribution in [3.63, 3.8) is 0 Å². The van der Waals surface area contributed by atoms with Gasteiger partial charge in [-0.3, -0.25) is 4.72 Å². The maximum Gasteiger partial charge on any atom is 0.264 e. The van der Waals surface area contributed by atoms with Gasteiger partial charge in [0.05, 0.1) is 4.90 Å². The highest BCUT2D eigenvalue weighted by atomic mass is 32.2. The van der Waals surface area contributed by atoms with Gasteiger partial charge in [0.1, 0.15) is 0 Å². The molecule has 7 heteroatoms. The Hall–Kier alpha value is -1.60. The second kappa shape index (κ2) is 5.06. The summed E-state index contributed by atoms with van der Waals surface area (Å²) in [6, 6.07) is 1.78. The van der Waals surface area contributed by atoms with Crippen LogP contribution in [0.2, 0.25) is 0 Å². The van der Waals surface area contributed by atoms with Gasteiger partial charge in [0.25, 0.3) is 10.0 Å². The number of benzene rings is 1. The monoisotopic (exact) mass is 311 g/mol. The Kier molecular flexibility index (Phi) is 3.75. The molecule has 20 heavy (non-hydrogen) atoms. The minimum absolute atomic E-state index is 0.230. The van der Waals surface area contributed by atoms with Crippen LogP contribution in [0.5, 0.6) is 0 Å². The fraction of sp³-hybridized carbons (Fsp3) is 0.308. The second-order valence-corrected chi connectivity index (χ2v) is 7.61. The van der Waals surface area contributed by atoms with Crippen LogP contribution in [0.25, 0.3) is 0 Å². The molecule has 1 heterocycles. The molecule has 0 spiro atoms. The molecule has 1 aromatic heterocycles. The number of anilines is 2. The Balaban J connectivity index is 2.52. The van der Waals surface area contributed by atoms with Crippen LogP contribution in [0, 0.1) is 27.7 Å². The lowest BCUT2D eigenvalue weighted by Gasteiger charge is -2.15. The van der Waals surface area contributed by atoms with Gasteiger partial charge in [-0.2, -0.15) is 0 Å². The van der Waals surface area contributed by atoms with E-state index in [1.807, 2.05) is 13.8 Å². The third-order valence-electron chi connectivity index (χ3n) is 3.07. The smallest absolute Gasteiger partial charge is 0.264 e. The van der Waals surface area contributed by atoms with Crippen molar-refractivity contribution < 1.29 is 8.42 Å². The van der Waals surface area contributed by atoms with E-state index in [2.05, 4.69) is 9.71 Å². The van der Waals surface area contributed by atoms with Crippen molar-refractivity contribution >= 4 is 32.2 Å². The van der Waals surface area contributed by atoms with Crippen LogP contribution in [0.1, 0.15) is 21.6 Å². The van der Waals surface area contributed by atoms with Crippen molar-refractivity contribution in [2.24, 2.45) is 0 Å². The maximum absolute atomic E-state index is 12.5. The summed E-state index contributed by atoms with van der Waals surface area (Å²) >= 11 is 1.30. The predicted octanol–water partition coefficient (Wildman–Crippen LogP) is 2.76. The fourth-order valence-electron chi connectivity index (χ4n) is 2.16. The zero-order chi connectivity index (χ0) is 15.1. The first kappa shape index (κ1) is 14.8. The second-order valence-electron chi connectivity index (χ2n) is 4.76. The van der Waals surface area contributed by atoms with E-state index >= 15 is 0 Å². The summed E-state index contributed by atoms with van der Waals surface area (Å²) in [5, 5.41) is 0.362. The number of hydrogen-bond acceptors (Lipinski definition) is 5. The predicted molar refractivity (Wildman–Crippen MR) is 82.7 cm³/mol. The number of thiazole rings is 1. The molecular formula is C13H17N3O2S2. The molecule has 0 saturated heterocycles. The quantitative estimate of drug-likeness (QED) is 0.854. The molecule has 0 atom stereocenters. The number of nitrogens with two attached hydrogens (primary N) is 1. The van der Waals surface area contributed by atoms with Crippen molar-refractivity contribution in [3.8, 4) is 0 Å². The summed E-state index contributed by atoms with van der Waals surface area (Å²) in [4.78, 5) is 5.20. The van der Waals surface area contributed by atoms with Crippen LogP contribution >= 0.6 is 11.3 Å². The molecule has 0 aliphatic heterocycles. The minimum Gasteiger partial charge on any atom is -0.398 e. The first-order valence-electron chi connectivity index (χ1n) is 6.04. The molecule has 2 aromatic rings. The largest absolute Gasteiger partial charge is 0.398 e. The molecule has 0 aliphatic carbocycles. The summed E-state index contributed by atoms with van der Waals surface area (Å²) in [6.07, 6.45) is 1.63. The van der Waals surface area contributed by atoms with Crippen LogP contribution in [0.4, 0.5) is 10.8 Å². The minimum atomic E-state index is -3.68. The van der Waals surface area contributed by atoms with Gasteiger partial charge in [-0.15, -0.1) is 11.3 Å². The lowest BCUT2D eigenvalue weighted by atomic mass is 10.1. The third-order valence-corrected chi connectivity index (χ3v) is 5.66. The first-order valence-corrected chi connectivity index (χ1v) is 8.34. The van der Waals surface area contributed by atoms with Gasteiger partial charge in [-0.05, 0) is 44.4 Å². The number of nitrogens with one attached hydrogen (secondary N) is 1. The maximum atomic E-state index is 12.5. The van der Waals surface area contributed by atoms with Crippen LogP contribution in [0.15, 0.2) is 17.2 Å². The van der Waals surface area contributed by atoms with Crippen molar-refractivity contribution in [1.82, 2.24) is 4.98 Å². The molecular weight excluding hydrogens is 294 g/mol. The number of hydrogen-bond donors (Lipinski definition) is 2. The number of nitrogens with zero attached hydrogens (tertiary/aromatic N) is 1. The van der Waals surface area contributed by atoms with E-state index in [1.54, 1.807) is 26.1 Å². The summed E-state index contributed by atoms with van der Waals surface area (Å²) in [5.41, 5.74) is 8.57. The number of sulfonamides is 1. The Labute approximate surface area is 122 Å². The number of aryl methyl sites for hydroxylation is 3. The molecule has 0 radical (unpaired) electrons. The van der Waals surface area contributed by atoms with Crippen molar-refractivity contribution in [3.05, 3.63) is 33.8 Å². The van der Waals surface area contributed by atoms with Gasteiger partial charge in [-0.25, -0.2) is 13.4 Å². The molecule has 0 bridgehead atoms. The SMILES string of the molecule is Cc1cnc(NS(=O)(=O)c2c(C)cc(C)c(N)c2C)s1. The van der Waals surface area contributed by atoms with Gasteiger partial charge >= 0.3 is 0 Å². The topological polar surface area (TPSA) is 85.1 Å². The van der Waals surface area contributed by atoms with E-state index in [0.29, 0.717) is 21.9 Å². The first-order chi connectivity index (χ1) is 9.22. The highest BCUT2D eigenvalue weighted by Crippen LogP contribution is 2.30. The zero-order valence-electron chi connectivity index (χ0n) is 11.8. The molecule has 0 amide bonds. The van der Waals surface area contributed by atoms with Crippen molar-refractivity contribution in [1.29, 1.82) is 0 Å². The van der Waals surface area contributed by atoms with Crippen molar-refractivity contribution in [2.45, 2.75) is 32.6 Å². The molecule has 0 fully saturated rings. The van der Waals surface area contributed by atoms with Crippen LogP contribution < -0.4 is 10.5 Å². The van der Waals surface area contributed by atoms with Crippen LogP contribution in [0.3, 0.4) is 0 Å². The molecule has 2 rings (SSSR count). The van der Waals surface area contributed by atoms with Gasteiger partial charge in [0.15, 0.2) is 5.13 Å². The molecule has 0 saturated carbocycles. The van der Waals surface area contributed by atoms with E-state index in [9.17, 15) is 8.42 Å². The standard InChI is InChI=1S/C13H17N3O2S2/c1-7-5-8(2)12(10(4)11(7)14)20(17,18)16-13-15-6-9(3)19-13/h5-6H,14H2,1-4H3,(H,15,16). The Morgan fingerprint density at radius 3 is 2.40 bits per heavy atom. The van der Waals surface area contributed by atoms with Gasteiger partial charge in [-0.1, -0.05) is 6.07 Å². The van der Waals surface area contributed by atoms with Gasteiger partial charge in [0, 0.05) is 16.8 Å². The average Bonchev–Trinajstić information content (AvgIpc) is 2.70. The van der Waals surface area contributed by atoms with Crippen molar-refractivity contribution in [2.75, 3.05) is 10.5 Å². The van der Waals surface area contributed by atoms with Gasteiger partial charge < -0.3 is 5.73 Å². The van der Waals surface area contributed by atoms with Gasteiger partial charge in [0.2, 0.25) is 0 Å². The molecule has 108 valence electrons. The van der Waals surface area contributed by atoms with E-state index in [1.165, 1.54) is 11.3 Å². The van der Waals surface area contributed by atoms with Crippen LogP contribution in [-0.2, 0) is 10.0 Å². The molecule has 3 N–H and O–H groups in total. The zero-order valence-corrected chi connectivity index (χ0v) is 13.4. The third kappa shape index (κ3) is 2.64. The molecule has 5 nitrogen and oxygen atoms in total. The number of nitrogen functional groups attached to an aromatic ring is 1. The normalized spacial score (nSPS) is 11.6. The number of aromatic nitrogens is 1. The van der Waals surface area contributed by atoms with E-state index < -0.39 is 10.0 Å². The molecule has 0 unspecified atom stereocenters. The Bertz CT molecular complexity index is 764. The highest BCUT2D eigenvalue weighted by Gasteiger charge is 2.23. The van der Waals surface area contributed by atoms with E-state index in [-0.39, 0.29) is 4.90 Å². The number of rotatable bonds is 3. The highest BCUT2D eigenvalue weighted by molar-refractivity contribution is 7.93. The molecule has 1 aromatic carbocycles. The Morgan fingerprint density at radius 1 is 1.20 bits per heavy atom. The average molecular weight is 311 g/mol. The van der Waals surface area contributed by atoms with E-state index in [0.717, 1.165) is 10.4 Å². The van der Waals surface area contributed by atoms with Crippen LogP contribution in [-0.4, -0.2) is 13.4 Å². The molecule has 0 aliphatic rings.